The molecule has 0 radical (unpaired) electrons. The summed E-state index contributed by atoms with van der Waals surface area (Å²) in [5.74, 6) is 0. The fraction of sp³-hybridized carbons (Fsp3) is 1.00. The van der Waals surface area contributed by atoms with Crippen molar-refractivity contribution < 1.29 is 5.21 Å². The number of nitrogens with zero attached hydrogens (tertiary/aromatic N) is 1. The summed E-state index contributed by atoms with van der Waals surface area (Å²) in [6.07, 6.45) is 1.92. The lowest BCUT2D eigenvalue weighted by molar-refractivity contribution is -0.184. The van der Waals surface area contributed by atoms with Crippen LogP contribution < -0.4 is 11.1 Å². The number of fused-ring (bicyclic) bond motifs is 2. The predicted molar refractivity (Wildman–Crippen MR) is 36.4 cm³/mol. The fourth-order valence-corrected chi connectivity index (χ4v) is 1.83. The Balaban J connectivity index is 2.21. The molecule has 0 aromatic heterocycles. The third-order valence-corrected chi connectivity index (χ3v) is 2.52. The summed E-state index contributed by atoms with van der Waals surface area (Å²) < 4.78 is 0. The van der Waals surface area contributed by atoms with E-state index in [1.807, 2.05) is 0 Å². The topological polar surface area (TPSA) is 61.5 Å². The maximum Gasteiger partial charge on any atom is 0.105 e. The molecule has 4 N–H and O–H groups in total. The van der Waals surface area contributed by atoms with E-state index in [9.17, 15) is 5.21 Å². The van der Waals surface area contributed by atoms with Gasteiger partial charge in [-0.2, -0.15) is 5.06 Å². The van der Waals surface area contributed by atoms with Crippen molar-refractivity contribution in [3.63, 3.8) is 0 Å². The van der Waals surface area contributed by atoms with Gasteiger partial charge in [0.1, 0.15) is 5.66 Å². The van der Waals surface area contributed by atoms with E-state index < -0.39 is 5.66 Å². The number of rotatable bonds is 0. The second-order valence-corrected chi connectivity index (χ2v) is 3.27. The van der Waals surface area contributed by atoms with Crippen LogP contribution in [0.5, 0.6) is 0 Å². The van der Waals surface area contributed by atoms with E-state index in [4.69, 9.17) is 5.73 Å². The van der Waals surface area contributed by atoms with Gasteiger partial charge < -0.3 is 16.3 Å². The predicted octanol–water partition coefficient (Wildman–Crippen LogP) is -0.902. The molecule has 2 atom stereocenters. The minimum atomic E-state index is -0.469. The molecule has 2 rings (SSSR count). The lowest BCUT2D eigenvalue weighted by Gasteiger charge is -2.37. The molecule has 0 aromatic rings. The molecule has 2 unspecified atom stereocenters. The molecular formula is C6H13N3O. The molecule has 2 aliphatic rings. The van der Waals surface area contributed by atoms with E-state index >= 15 is 0 Å². The first-order valence-electron chi connectivity index (χ1n) is 3.70. The second-order valence-electron chi connectivity index (χ2n) is 3.27. The smallest absolute Gasteiger partial charge is 0.105 e. The van der Waals surface area contributed by atoms with Crippen LogP contribution in [0.3, 0.4) is 0 Å². The van der Waals surface area contributed by atoms with Gasteiger partial charge in [-0.3, -0.25) is 0 Å². The van der Waals surface area contributed by atoms with Gasteiger partial charge in [-0.15, -0.1) is 0 Å². The Morgan fingerprint density at radius 1 is 1.70 bits per heavy atom. The summed E-state index contributed by atoms with van der Waals surface area (Å²) in [5, 5.41) is 14.0. The Bertz CT molecular complexity index is 148. The molecule has 4 heteroatoms. The van der Waals surface area contributed by atoms with Crippen molar-refractivity contribution in [2.24, 2.45) is 5.73 Å². The molecule has 0 saturated carbocycles. The van der Waals surface area contributed by atoms with Crippen LogP contribution in [0.4, 0.5) is 0 Å². The Hall–Kier alpha value is -0.160. The minimum Gasteiger partial charge on any atom is -0.312 e. The van der Waals surface area contributed by atoms with Crippen molar-refractivity contribution in [3.05, 3.63) is 0 Å². The first-order chi connectivity index (χ1) is 4.72. The van der Waals surface area contributed by atoms with Gasteiger partial charge in [0.25, 0.3) is 0 Å². The number of nitrogens with one attached hydrogen (secondary N) is 1. The molecule has 2 fully saturated rings. The van der Waals surface area contributed by atoms with E-state index in [1.54, 1.807) is 0 Å². The summed E-state index contributed by atoms with van der Waals surface area (Å²) in [6.45, 7) is 1.58. The van der Waals surface area contributed by atoms with Crippen LogP contribution in [0, 0.1) is 0 Å². The lowest BCUT2D eigenvalue weighted by Crippen LogP contribution is -2.63. The molecule has 4 nitrogen and oxygen atoms in total. The quantitative estimate of drug-likeness (QED) is 0.411. The second kappa shape index (κ2) is 1.92. The van der Waals surface area contributed by atoms with Crippen molar-refractivity contribution >= 4 is 0 Å². The van der Waals surface area contributed by atoms with E-state index in [0.717, 1.165) is 19.4 Å². The molecule has 58 valence electrons. The van der Waals surface area contributed by atoms with Crippen LogP contribution in [0.2, 0.25) is 0 Å². The van der Waals surface area contributed by atoms with Gasteiger partial charge in [0, 0.05) is 19.1 Å². The van der Waals surface area contributed by atoms with E-state index in [0.29, 0.717) is 6.54 Å². The average Bonchev–Trinajstić information content (AvgIpc) is 2.18. The van der Waals surface area contributed by atoms with Crippen LogP contribution in [0.15, 0.2) is 0 Å². The van der Waals surface area contributed by atoms with Gasteiger partial charge in [-0.05, 0) is 12.8 Å². The normalized spacial score (nSPS) is 48.0. The van der Waals surface area contributed by atoms with Crippen LogP contribution in [-0.4, -0.2) is 35.1 Å². The molecule has 10 heavy (non-hydrogen) atoms. The van der Waals surface area contributed by atoms with Crippen molar-refractivity contribution in [2.75, 3.05) is 13.1 Å². The SMILES string of the molecule is NC12CCC(CNC1)N2O. The number of piperazine rings is 1. The van der Waals surface area contributed by atoms with Crippen LogP contribution in [0.1, 0.15) is 12.8 Å². The molecule has 2 saturated heterocycles. The third-order valence-electron chi connectivity index (χ3n) is 2.52. The molecule has 0 amide bonds. The van der Waals surface area contributed by atoms with E-state index in [2.05, 4.69) is 5.32 Å². The summed E-state index contributed by atoms with van der Waals surface area (Å²) in [4.78, 5) is 0. The molecule has 0 aliphatic carbocycles. The largest absolute Gasteiger partial charge is 0.312 e. The number of nitrogens with two attached hydrogens (primary N) is 1. The standard InChI is InChI=1S/C6H13N3O/c7-6-2-1-5(9(6)10)3-8-4-6/h5,8,10H,1-4,7H2. The highest BCUT2D eigenvalue weighted by molar-refractivity contribution is 4.98. The summed E-state index contributed by atoms with van der Waals surface area (Å²) >= 11 is 0. The van der Waals surface area contributed by atoms with E-state index in [1.165, 1.54) is 5.06 Å². The Kier molecular flexibility index (Phi) is 1.25. The van der Waals surface area contributed by atoms with Crippen molar-refractivity contribution in [1.29, 1.82) is 0 Å². The zero-order valence-corrected chi connectivity index (χ0v) is 5.88. The minimum absolute atomic E-state index is 0.249. The Morgan fingerprint density at radius 3 is 3.10 bits per heavy atom. The maximum atomic E-state index is 9.44. The van der Waals surface area contributed by atoms with E-state index in [-0.39, 0.29) is 6.04 Å². The molecule has 0 spiro atoms. The molecular weight excluding hydrogens is 130 g/mol. The molecule has 2 bridgehead atoms. The van der Waals surface area contributed by atoms with Crippen LogP contribution in [0.25, 0.3) is 0 Å². The van der Waals surface area contributed by atoms with Gasteiger partial charge >= 0.3 is 0 Å². The summed E-state index contributed by atoms with van der Waals surface area (Å²) in [6, 6.07) is 0.249. The monoisotopic (exact) mass is 143 g/mol. The van der Waals surface area contributed by atoms with Crippen LogP contribution >= 0.6 is 0 Å². The highest BCUT2D eigenvalue weighted by Gasteiger charge is 2.45. The van der Waals surface area contributed by atoms with Gasteiger partial charge in [0.05, 0.1) is 0 Å². The highest BCUT2D eigenvalue weighted by Crippen LogP contribution is 2.29. The maximum absolute atomic E-state index is 9.44. The third kappa shape index (κ3) is 0.703. The van der Waals surface area contributed by atoms with Crippen molar-refractivity contribution in [2.45, 2.75) is 24.5 Å². The van der Waals surface area contributed by atoms with Crippen molar-refractivity contribution in [1.82, 2.24) is 10.4 Å². The first kappa shape index (κ1) is 6.54. The van der Waals surface area contributed by atoms with Crippen LogP contribution in [-0.2, 0) is 0 Å². The van der Waals surface area contributed by atoms with Gasteiger partial charge in [-0.1, -0.05) is 0 Å². The zero-order chi connectivity index (χ0) is 7.19. The summed E-state index contributed by atoms with van der Waals surface area (Å²) in [5.41, 5.74) is 5.39. The molecule has 2 heterocycles. The zero-order valence-electron chi connectivity index (χ0n) is 5.88. The Labute approximate surface area is 60.0 Å². The fourth-order valence-electron chi connectivity index (χ4n) is 1.83. The average molecular weight is 143 g/mol. The lowest BCUT2D eigenvalue weighted by atomic mass is 10.1. The molecule has 0 aromatic carbocycles. The Morgan fingerprint density at radius 2 is 2.50 bits per heavy atom. The van der Waals surface area contributed by atoms with Gasteiger partial charge in [0.15, 0.2) is 0 Å². The first-order valence-corrected chi connectivity index (χ1v) is 3.70. The highest BCUT2D eigenvalue weighted by atomic mass is 16.5. The summed E-state index contributed by atoms with van der Waals surface area (Å²) in [7, 11) is 0. The van der Waals surface area contributed by atoms with Gasteiger partial charge in [0.2, 0.25) is 0 Å². The molecule has 2 aliphatic heterocycles. The number of hydrogen-bond acceptors (Lipinski definition) is 4. The number of hydrogen-bond donors (Lipinski definition) is 3. The number of hydroxylamine groups is 2. The van der Waals surface area contributed by atoms with Gasteiger partial charge in [-0.25, -0.2) is 0 Å². The van der Waals surface area contributed by atoms with Crippen molar-refractivity contribution in [3.8, 4) is 0 Å².